The number of oxazole rings is 1. The summed E-state index contributed by atoms with van der Waals surface area (Å²) in [6.07, 6.45) is 2.25. The van der Waals surface area contributed by atoms with Crippen LogP contribution in [0, 0.1) is 5.92 Å². The molecule has 1 amide bonds. The maximum Gasteiger partial charge on any atom is 0.419 e. The van der Waals surface area contributed by atoms with Gasteiger partial charge in [0.05, 0.1) is 10.4 Å². The number of anilines is 1. The normalized spacial score (nSPS) is 12.9. The van der Waals surface area contributed by atoms with E-state index >= 15 is 0 Å². The lowest BCUT2D eigenvalue weighted by Crippen LogP contribution is -2.44. The number of amides is 1. The minimum absolute atomic E-state index is 0.0746. The molecule has 0 saturated heterocycles. The summed E-state index contributed by atoms with van der Waals surface area (Å²) >= 11 is 1.54. The van der Waals surface area contributed by atoms with Gasteiger partial charge in [-0.3, -0.25) is 9.36 Å². The average Bonchev–Trinajstić information content (AvgIpc) is 3.00. The van der Waals surface area contributed by atoms with Crippen LogP contribution in [0.3, 0.4) is 0 Å². The van der Waals surface area contributed by atoms with Crippen molar-refractivity contribution in [3.63, 3.8) is 0 Å². The van der Waals surface area contributed by atoms with Gasteiger partial charge >= 0.3 is 5.76 Å². The summed E-state index contributed by atoms with van der Waals surface area (Å²) in [5.74, 6) is -0.949. The molecule has 1 aromatic heterocycles. The van der Waals surface area contributed by atoms with E-state index in [0.29, 0.717) is 17.6 Å². The molecule has 10 heteroatoms. The predicted molar refractivity (Wildman–Crippen MR) is 122 cm³/mol. The highest BCUT2D eigenvalue weighted by molar-refractivity contribution is 7.98. The molecular formula is C21H25N3O5S2. The zero-order valence-electron chi connectivity index (χ0n) is 17.7. The van der Waals surface area contributed by atoms with Gasteiger partial charge in [0, 0.05) is 23.7 Å². The summed E-state index contributed by atoms with van der Waals surface area (Å²) in [7, 11) is -2.50. The van der Waals surface area contributed by atoms with Crippen molar-refractivity contribution in [1.82, 2.24) is 9.29 Å². The highest BCUT2D eigenvalue weighted by Gasteiger charge is 2.27. The Morgan fingerprint density at radius 2 is 1.94 bits per heavy atom. The molecule has 1 heterocycles. The summed E-state index contributed by atoms with van der Waals surface area (Å²) in [6.45, 7) is 3.82. The van der Waals surface area contributed by atoms with Crippen LogP contribution in [-0.4, -0.2) is 31.2 Å². The van der Waals surface area contributed by atoms with Crippen molar-refractivity contribution in [3.05, 3.63) is 53.0 Å². The third-order valence-corrected chi connectivity index (χ3v) is 6.93. The standard InChI is InChI=1S/C21H25N3O5S2/c1-13(2)10-17(20(25)22-14-6-5-7-15(11-14)30-4)23-31(27,28)16-8-9-18-19(12-16)29-21(26)24(18)3/h5-9,11-13,17,23H,10H2,1-4H3,(H,22,25). The number of nitrogens with one attached hydrogen (secondary N) is 2. The number of carbonyl (C=O) groups excluding carboxylic acids is 1. The first kappa shape index (κ1) is 23.1. The van der Waals surface area contributed by atoms with E-state index in [1.54, 1.807) is 17.8 Å². The van der Waals surface area contributed by atoms with Crippen molar-refractivity contribution < 1.29 is 17.6 Å². The number of aromatic nitrogens is 1. The highest BCUT2D eigenvalue weighted by atomic mass is 32.2. The molecule has 1 atom stereocenters. The predicted octanol–water partition coefficient (Wildman–Crippen LogP) is 3.19. The summed E-state index contributed by atoms with van der Waals surface area (Å²) in [4.78, 5) is 25.5. The van der Waals surface area contributed by atoms with Crippen molar-refractivity contribution in [1.29, 1.82) is 0 Å². The zero-order chi connectivity index (χ0) is 22.8. The fraction of sp³-hybridized carbons (Fsp3) is 0.333. The topological polar surface area (TPSA) is 110 Å². The van der Waals surface area contributed by atoms with Crippen LogP contribution >= 0.6 is 11.8 Å². The van der Waals surface area contributed by atoms with E-state index in [9.17, 15) is 18.0 Å². The Hall–Kier alpha value is -2.56. The maximum atomic E-state index is 13.0. The molecule has 8 nitrogen and oxygen atoms in total. The van der Waals surface area contributed by atoms with Gasteiger partial charge < -0.3 is 9.73 Å². The summed E-state index contributed by atoms with van der Waals surface area (Å²) in [5, 5.41) is 2.79. The fourth-order valence-electron chi connectivity index (χ4n) is 3.15. The second-order valence-corrected chi connectivity index (χ2v) is 10.2. The number of aryl methyl sites for hydroxylation is 1. The number of thioether (sulfide) groups is 1. The molecular weight excluding hydrogens is 438 g/mol. The first-order valence-corrected chi connectivity index (χ1v) is 12.4. The molecule has 3 rings (SSSR count). The monoisotopic (exact) mass is 463 g/mol. The van der Waals surface area contributed by atoms with Crippen molar-refractivity contribution in [2.24, 2.45) is 13.0 Å². The first-order valence-electron chi connectivity index (χ1n) is 9.67. The summed E-state index contributed by atoms with van der Waals surface area (Å²) < 4.78 is 34.9. The Balaban J connectivity index is 1.86. The van der Waals surface area contributed by atoms with E-state index in [1.807, 2.05) is 38.3 Å². The SMILES string of the molecule is CSc1cccc(NC(=O)C(CC(C)C)NS(=O)(=O)c2ccc3c(c2)oc(=O)n3C)c1. The van der Waals surface area contributed by atoms with Crippen molar-refractivity contribution in [2.45, 2.75) is 36.1 Å². The Kier molecular flexibility index (Phi) is 6.93. The lowest BCUT2D eigenvalue weighted by Gasteiger charge is -2.20. The van der Waals surface area contributed by atoms with E-state index in [2.05, 4.69) is 10.0 Å². The second-order valence-electron chi connectivity index (χ2n) is 7.58. The van der Waals surface area contributed by atoms with Gasteiger partial charge in [0.1, 0.15) is 6.04 Å². The van der Waals surface area contributed by atoms with Gasteiger partial charge in [0.15, 0.2) is 5.58 Å². The van der Waals surface area contributed by atoms with E-state index in [4.69, 9.17) is 4.42 Å². The number of hydrogen-bond donors (Lipinski definition) is 2. The minimum Gasteiger partial charge on any atom is -0.408 e. The molecule has 0 fully saturated rings. The van der Waals surface area contributed by atoms with Crippen LogP contribution in [0.15, 0.2) is 61.5 Å². The largest absolute Gasteiger partial charge is 0.419 e. The number of carbonyl (C=O) groups is 1. The van der Waals surface area contributed by atoms with Gasteiger partial charge in [-0.15, -0.1) is 11.8 Å². The van der Waals surface area contributed by atoms with E-state index in [0.717, 1.165) is 4.90 Å². The van der Waals surface area contributed by atoms with Crippen LogP contribution in [0.2, 0.25) is 0 Å². The quantitative estimate of drug-likeness (QED) is 0.497. The third-order valence-electron chi connectivity index (χ3n) is 4.73. The zero-order valence-corrected chi connectivity index (χ0v) is 19.3. The summed E-state index contributed by atoms with van der Waals surface area (Å²) in [6, 6.07) is 10.5. The van der Waals surface area contributed by atoms with E-state index in [-0.39, 0.29) is 16.4 Å². The van der Waals surface area contributed by atoms with Crippen molar-refractivity contribution in [3.8, 4) is 0 Å². The number of hydrogen-bond acceptors (Lipinski definition) is 6. The lowest BCUT2D eigenvalue weighted by atomic mass is 10.0. The minimum atomic E-state index is -4.04. The fourth-order valence-corrected chi connectivity index (χ4v) is 4.83. The Morgan fingerprint density at radius 3 is 2.61 bits per heavy atom. The van der Waals surface area contributed by atoms with Crippen LogP contribution in [-0.2, 0) is 21.9 Å². The van der Waals surface area contributed by atoms with E-state index < -0.39 is 27.7 Å². The molecule has 31 heavy (non-hydrogen) atoms. The Bertz CT molecular complexity index is 1260. The Labute approximate surface area is 185 Å². The number of nitrogens with zero attached hydrogens (tertiary/aromatic N) is 1. The third kappa shape index (κ3) is 5.38. The molecule has 1 unspecified atom stereocenters. The number of fused-ring (bicyclic) bond motifs is 1. The molecule has 0 aliphatic rings. The van der Waals surface area contributed by atoms with Gasteiger partial charge in [-0.05, 0) is 48.9 Å². The Morgan fingerprint density at radius 1 is 1.19 bits per heavy atom. The molecule has 0 aliphatic carbocycles. The molecule has 2 N–H and O–H groups in total. The molecule has 0 saturated carbocycles. The lowest BCUT2D eigenvalue weighted by molar-refractivity contribution is -0.118. The molecule has 0 aliphatic heterocycles. The van der Waals surface area contributed by atoms with Gasteiger partial charge in [-0.1, -0.05) is 19.9 Å². The molecule has 0 radical (unpaired) electrons. The molecule has 166 valence electrons. The molecule has 0 spiro atoms. The molecule has 3 aromatic rings. The van der Waals surface area contributed by atoms with Crippen LogP contribution < -0.4 is 15.8 Å². The van der Waals surface area contributed by atoms with E-state index in [1.165, 1.54) is 29.8 Å². The van der Waals surface area contributed by atoms with Gasteiger partial charge in [0.25, 0.3) is 0 Å². The molecule has 2 aromatic carbocycles. The summed E-state index contributed by atoms with van der Waals surface area (Å²) in [5.41, 5.74) is 1.24. The highest BCUT2D eigenvalue weighted by Crippen LogP contribution is 2.21. The van der Waals surface area contributed by atoms with Crippen LogP contribution in [0.4, 0.5) is 5.69 Å². The van der Waals surface area contributed by atoms with Gasteiger partial charge in [-0.25, -0.2) is 13.2 Å². The van der Waals surface area contributed by atoms with Crippen molar-refractivity contribution in [2.75, 3.05) is 11.6 Å². The average molecular weight is 464 g/mol. The maximum absolute atomic E-state index is 13.0. The van der Waals surface area contributed by atoms with Crippen LogP contribution in [0.25, 0.3) is 11.1 Å². The first-order chi connectivity index (χ1) is 14.6. The van der Waals surface area contributed by atoms with Crippen LogP contribution in [0.1, 0.15) is 20.3 Å². The smallest absolute Gasteiger partial charge is 0.408 e. The number of rotatable bonds is 8. The van der Waals surface area contributed by atoms with Gasteiger partial charge in [0.2, 0.25) is 15.9 Å². The number of benzene rings is 2. The second kappa shape index (κ2) is 9.29. The van der Waals surface area contributed by atoms with Crippen LogP contribution in [0.5, 0.6) is 0 Å². The van der Waals surface area contributed by atoms with Gasteiger partial charge in [-0.2, -0.15) is 4.72 Å². The number of sulfonamides is 1. The molecule has 0 bridgehead atoms. The van der Waals surface area contributed by atoms with Crippen molar-refractivity contribution >= 4 is 44.5 Å².